The zero-order chi connectivity index (χ0) is 17.5. The minimum atomic E-state index is -4.94. The molecule has 1 rings (SSSR count). The molecule has 1 heterocycles. The molecular formula is C8H20Cl2N4NiO8. The Morgan fingerprint density at radius 2 is 0.478 bits per heavy atom. The Morgan fingerprint density at radius 3 is 0.565 bits per heavy atom. The fourth-order valence-electron chi connectivity index (χ4n) is 1.21. The van der Waals surface area contributed by atoms with Crippen LogP contribution in [0.2, 0.25) is 0 Å². The molecule has 0 aromatic heterocycles. The molecule has 0 radical (unpaired) electrons. The van der Waals surface area contributed by atoms with Crippen LogP contribution in [0, 0.1) is 20.5 Å². The second-order valence-electron chi connectivity index (χ2n) is 3.76. The van der Waals surface area contributed by atoms with Crippen LogP contribution in [0.15, 0.2) is 0 Å². The van der Waals surface area contributed by atoms with Crippen molar-refractivity contribution in [2.24, 2.45) is 0 Å². The largest absolute Gasteiger partial charge is 2.00 e. The Hall–Kier alpha value is 0.594. The van der Waals surface area contributed by atoms with E-state index in [0.29, 0.717) is 0 Å². The maximum atomic E-state index is 8.49. The van der Waals surface area contributed by atoms with Gasteiger partial charge in [-0.15, -0.1) is 20.5 Å². The zero-order valence-electron chi connectivity index (χ0n) is 12.0. The molecule has 0 saturated carbocycles. The summed E-state index contributed by atoms with van der Waals surface area (Å²) in [4.78, 5) is 0. The van der Waals surface area contributed by atoms with Gasteiger partial charge in [0, 0.05) is 52.4 Å². The van der Waals surface area contributed by atoms with E-state index in [0.717, 1.165) is 52.4 Å². The van der Waals surface area contributed by atoms with Crippen LogP contribution in [0.1, 0.15) is 0 Å². The molecule has 0 aromatic carbocycles. The molecule has 0 bridgehead atoms. The molecule has 1 aliphatic rings. The maximum absolute atomic E-state index is 8.49. The normalized spacial score (nSPS) is 17.7. The molecular weight excluding hydrogens is 410 g/mol. The topological polar surface area (TPSA) is 233 Å². The summed E-state index contributed by atoms with van der Waals surface area (Å²) < 4.78 is 67.9. The Morgan fingerprint density at radius 1 is 0.391 bits per heavy atom. The second-order valence-corrected chi connectivity index (χ2v) is 5.27. The van der Waals surface area contributed by atoms with Crippen molar-refractivity contribution in [3.05, 3.63) is 0 Å². The van der Waals surface area contributed by atoms with E-state index in [-0.39, 0.29) is 16.5 Å². The molecule has 0 aliphatic carbocycles. The van der Waals surface area contributed by atoms with Gasteiger partial charge in [-0.1, -0.05) is 0 Å². The molecule has 0 spiro atoms. The monoisotopic (exact) mass is 428 g/mol. The predicted molar refractivity (Wildman–Crippen MR) is 51.5 cm³/mol. The fraction of sp³-hybridized carbons (Fsp3) is 1.00. The van der Waals surface area contributed by atoms with Gasteiger partial charge in [-0.25, -0.2) is 37.3 Å². The van der Waals surface area contributed by atoms with Crippen LogP contribution in [-0.2, 0) is 16.5 Å². The van der Waals surface area contributed by atoms with E-state index >= 15 is 0 Å². The Bertz CT molecular complexity index is 180. The average molecular weight is 430 g/mol. The van der Waals surface area contributed by atoms with Crippen molar-refractivity contribution in [2.75, 3.05) is 52.4 Å². The van der Waals surface area contributed by atoms with Crippen molar-refractivity contribution in [3.63, 3.8) is 0 Å². The van der Waals surface area contributed by atoms with E-state index in [1.165, 1.54) is 0 Å². The van der Waals surface area contributed by atoms with Crippen LogP contribution < -0.4 is 58.5 Å². The van der Waals surface area contributed by atoms with Crippen LogP contribution in [0.3, 0.4) is 0 Å². The third-order valence-electron chi connectivity index (χ3n) is 1.91. The molecule has 12 nitrogen and oxygen atoms in total. The molecule has 0 unspecified atom stereocenters. The third-order valence-corrected chi connectivity index (χ3v) is 1.91. The van der Waals surface area contributed by atoms with Crippen molar-refractivity contribution in [2.45, 2.75) is 0 Å². The maximum Gasteiger partial charge on any atom is 2.00 e. The summed E-state index contributed by atoms with van der Waals surface area (Å²) in [6.07, 6.45) is 0. The molecule has 1 fully saturated rings. The number of hydrogen-bond acceptors (Lipinski definition) is 12. The summed E-state index contributed by atoms with van der Waals surface area (Å²) in [5, 5.41) is 13.4. The van der Waals surface area contributed by atoms with Crippen molar-refractivity contribution in [3.8, 4) is 0 Å². The zero-order valence-corrected chi connectivity index (χ0v) is 14.5. The quantitative estimate of drug-likeness (QED) is 0.263. The van der Waals surface area contributed by atoms with Crippen molar-refractivity contribution < 1.29 is 74.2 Å². The van der Waals surface area contributed by atoms with Gasteiger partial charge in [-0.3, -0.25) is 0 Å². The summed E-state index contributed by atoms with van der Waals surface area (Å²) in [5.41, 5.74) is 0. The average Bonchev–Trinajstić information content (AvgIpc) is 2.25. The Balaban J connectivity index is -0.000000307. The van der Waals surface area contributed by atoms with Gasteiger partial charge in [0.1, 0.15) is 0 Å². The molecule has 4 N–H and O–H groups in total. The molecule has 23 heavy (non-hydrogen) atoms. The van der Waals surface area contributed by atoms with Crippen molar-refractivity contribution >= 4 is 0 Å². The van der Waals surface area contributed by atoms with E-state index in [4.69, 9.17) is 37.3 Å². The van der Waals surface area contributed by atoms with Crippen molar-refractivity contribution in [1.29, 1.82) is 0 Å². The molecule has 0 atom stereocenters. The van der Waals surface area contributed by atoms with Crippen LogP contribution in [-0.4, -0.2) is 52.4 Å². The fourth-order valence-corrected chi connectivity index (χ4v) is 1.21. The second kappa shape index (κ2) is 17.4. The minimum absolute atomic E-state index is 0. The molecule has 1 saturated heterocycles. The summed E-state index contributed by atoms with van der Waals surface area (Å²) in [7, 11) is -9.89. The van der Waals surface area contributed by atoms with Gasteiger partial charge >= 0.3 is 16.5 Å². The van der Waals surface area contributed by atoms with Gasteiger partial charge in [0.25, 0.3) is 0 Å². The Kier molecular flexibility index (Phi) is 21.5. The van der Waals surface area contributed by atoms with Crippen LogP contribution in [0.25, 0.3) is 0 Å². The van der Waals surface area contributed by atoms with Gasteiger partial charge < -0.3 is 21.3 Å². The molecule has 0 aromatic rings. The first kappa shape index (κ1) is 28.4. The Labute approximate surface area is 148 Å². The summed E-state index contributed by atoms with van der Waals surface area (Å²) in [6.45, 7) is 8.57. The predicted octanol–water partition coefficient (Wildman–Crippen LogP) is -11.2. The van der Waals surface area contributed by atoms with E-state index in [2.05, 4.69) is 21.3 Å². The van der Waals surface area contributed by atoms with Crippen LogP contribution >= 0.6 is 0 Å². The summed E-state index contributed by atoms with van der Waals surface area (Å²) in [6, 6.07) is 0. The summed E-state index contributed by atoms with van der Waals surface area (Å²) >= 11 is 0. The smallest absolute Gasteiger partial charge is 0.314 e. The standard InChI is InChI=1S/C8H20N4.2ClHO4.Ni/c1-2-10-5-6-12-8-7-11-4-3-9-1;2*2-1(3,4)5;/h9-12H,1-8H2;2*(H,2,3,4,5);/q;;;+2/p-2. The minimum Gasteiger partial charge on any atom is -0.314 e. The van der Waals surface area contributed by atoms with E-state index in [1.807, 2.05) is 0 Å². The van der Waals surface area contributed by atoms with E-state index in [9.17, 15) is 0 Å². The van der Waals surface area contributed by atoms with Crippen LogP contribution in [0.5, 0.6) is 0 Å². The van der Waals surface area contributed by atoms with E-state index < -0.39 is 20.5 Å². The first-order valence-corrected chi connectivity index (χ1v) is 8.53. The summed E-state index contributed by atoms with van der Waals surface area (Å²) in [5.74, 6) is 0. The SMILES string of the molecule is C1CNCCNCCNCCN1.[Ni+2].[O-][Cl+3]([O-])([O-])[O-].[O-][Cl+3]([O-])([O-])[O-]. The molecule has 1 aliphatic heterocycles. The number of rotatable bonds is 0. The molecule has 15 heteroatoms. The van der Waals surface area contributed by atoms with Crippen LogP contribution in [0.4, 0.5) is 0 Å². The molecule has 0 amide bonds. The number of nitrogens with one attached hydrogen (secondary N) is 4. The van der Waals surface area contributed by atoms with Gasteiger partial charge in [0.15, 0.2) is 0 Å². The van der Waals surface area contributed by atoms with Gasteiger partial charge in [-0.2, -0.15) is 0 Å². The van der Waals surface area contributed by atoms with Gasteiger partial charge in [-0.05, 0) is 0 Å². The van der Waals surface area contributed by atoms with Crippen molar-refractivity contribution in [1.82, 2.24) is 21.3 Å². The number of hydrogen-bond donors (Lipinski definition) is 4. The van der Waals surface area contributed by atoms with Gasteiger partial charge in [0.2, 0.25) is 0 Å². The third kappa shape index (κ3) is 60.4. The first-order chi connectivity index (χ1) is 10.0. The number of halogens is 2. The first-order valence-electron chi connectivity index (χ1n) is 6.06. The molecule has 144 valence electrons. The van der Waals surface area contributed by atoms with Gasteiger partial charge in [0.05, 0.1) is 0 Å². The van der Waals surface area contributed by atoms with E-state index in [1.54, 1.807) is 0 Å².